The lowest BCUT2D eigenvalue weighted by molar-refractivity contribution is 0.0693. The number of benzene rings is 1. The molecule has 21 heavy (non-hydrogen) atoms. The predicted octanol–water partition coefficient (Wildman–Crippen LogP) is 0.562. The average molecular weight is 313 g/mol. The molecule has 110 valence electrons. The number of rotatable bonds is 4. The molecule has 2 rings (SSSR count). The van der Waals surface area contributed by atoms with Crippen LogP contribution in [0.5, 0.6) is 5.75 Å². The Balaban J connectivity index is 2.47. The Labute approximate surface area is 121 Å². The highest BCUT2D eigenvalue weighted by molar-refractivity contribution is 6.33. The molecule has 0 amide bonds. The summed E-state index contributed by atoms with van der Waals surface area (Å²) in [6.45, 7) is 0. The van der Waals surface area contributed by atoms with E-state index in [1.807, 2.05) is 10.1 Å². The van der Waals surface area contributed by atoms with Crippen molar-refractivity contribution in [3.05, 3.63) is 43.6 Å². The van der Waals surface area contributed by atoms with Gasteiger partial charge in [-0.05, 0) is 6.07 Å². The number of hydrogen-bond donors (Lipinski definition) is 4. The molecule has 0 saturated carbocycles. The van der Waals surface area contributed by atoms with Crippen LogP contribution in [0, 0.1) is 0 Å². The molecule has 0 aliphatic rings. The maximum atomic E-state index is 11.5. The molecule has 9 nitrogen and oxygen atoms in total. The van der Waals surface area contributed by atoms with Crippen LogP contribution in [-0.4, -0.2) is 33.4 Å². The summed E-state index contributed by atoms with van der Waals surface area (Å²) >= 11 is 5.94. The van der Waals surface area contributed by atoms with Gasteiger partial charge in [0, 0.05) is 6.07 Å². The molecule has 0 aliphatic carbocycles. The van der Waals surface area contributed by atoms with Gasteiger partial charge in [-0.1, -0.05) is 11.6 Å². The fourth-order valence-corrected chi connectivity index (χ4v) is 1.76. The number of carbonyl (C=O) groups is 1. The van der Waals surface area contributed by atoms with Gasteiger partial charge in [-0.25, -0.2) is 14.7 Å². The first kappa shape index (κ1) is 14.6. The Bertz CT molecular complexity index is 813. The van der Waals surface area contributed by atoms with E-state index in [9.17, 15) is 14.4 Å². The average Bonchev–Trinajstić information content (AvgIpc) is 2.43. The second kappa shape index (κ2) is 5.67. The zero-order chi connectivity index (χ0) is 15.6. The highest BCUT2D eigenvalue weighted by atomic mass is 35.5. The zero-order valence-corrected chi connectivity index (χ0v) is 11.3. The van der Waals surface area contributed by atoms with Crippen LogP contribution in [0.2, 0.25) is 5.02 Å². The van der Waals surface area contributed by atoms with Gasteiger partial charge in [0.1, 0.15) is 11.3 Å². The number of H-pyrrole nitrogens is 2. The van der Waals surface area contributed by atoms with E-state index in [2.05, 4.69) is 10.4 Å². The fraction of sp³-hybridized carbons (Fsp3) is 0.0909. The van der Waals surface area contributed by atoms with Gasteiger partial charge < -0.3 is 15.2 Å². The van der Waals surface area contributed by atoms with E-state index in [4.69, 9.17) is 21.4 Å². The molecule has 1 aromatic heterocycles. The molecule has 0 saturated heterocycles. The number of carboxylic acid groups (broad SMARTS) is 1. The SMILES string of the molecule is COc1cc(Nc2n[nH]c(=O)[nH]c2=O)c(Cl)cc1C(=O)O. The number of aromatic carboxylic acids is 1. The summed E-state index contributed by atoms with van der Waals surface area (Å²) in [5.74, 6) is -1.36. The van der Waals surface area contributed by atoms with Gasteiger partial charge in [0.25, 0.3) is 5.56 Å². The lowest BCUT2D eigenvalue weighted by Gasteiger charge is -2.11. The molecule has 1 heterocycles. The van der Waals surface area contributed by atoms with Crippen LogP contribution < -0.4 is 21.3 Å². The summed E-state index contributed by atoms with van der Waals surface area (Å²) in [6.07, 6.45) is 0. The van der Waals surface area contributed by atoms with Crippen molar-refractivity contribution in [1.82, 2.24) is 15.2 Å². The van der Waals surface area contributed by atoms with E-state index in [0.29, 0.717) is 0 Å². The number of carboxylic acids is 1. The molecule has 2 aromatic rings. The highest BCUT2D eigenvalue weighted by Gasteiger charge is 2.16. The first-order valence-corrected chi connectivity index (χ1v) is 5.87. The van der Waals surface area contributed by atoms with Gasteiger partial charge in [0.2, 0.25) is 5.82 Å². The van der Waals surface area contributed by atoms with Crippen molar-refractivity contribution in [3.8, 4) is 5.75 Å². The number of hydrogen-bond acceptors (Lipinski definition) is 6. The molecule has 0 bridgehead atoms. The number of nitrogens with zero attached hydrogens (tertiary/aromatic N) is 1. The van der Waals surface area contributed by atoms with E-state index in [-0.39, 0.29) is 27.8 Å². The number of aromatic amines is 2. The van der Waals surface area contributed by atoms with Crippen molar-refractivity contribution in [2.75, 3.05) is 12.4 Å². The summed E-state index contributed by atoms with van der Waals surface area (Å²) in [5, 5.41) is 17.2. The molecule has 0 radical (unpaired) electrons. The maximum absolute atomic E-state index is 11.5. The predicted molar refractivity (Wildman–Crippen MR) is 73.7 cm³/mol. The number of aromatic nitrogens is 3. The van der Waals surface area contributed by atoms with Crippen molar-refractivity contribution < 1.29 is 14.6 Å². The molecule has 0 unspecified atom stereocenters. The van der Waals surface area contributed by atoms with Crippen LogP contribution in [-0.2, 0) is 0 Å². The maximum Gasteiger partial charge on any atom is 0.342 e. The Kier molecular flexibility index (Phi) is 3.94. The largest absolute Gasteiger partial charge is 0.496 e. The fourth-order valence-electron chi connectivity index (χ4n) is 1.55. The van der Waals surface area contributed by atoms with Gasteiger partial charge in [-0.15, -0.1) is 5.10 Å². The zero-order valence-electron chi connectivity index (χ0n) is 10.6. The second-order valence-electron chi connectivity index (χ2n) is 3.82. The van der Waals surface area contributed by atoms with Crippen molar-refractivity contribution >= 4 is 29.1 Å². The molecule has 10 heteroatoms. The number of methoxy groups -OCH3 is 1. The van der Waals surface area contributed by atoms with Gasteiger partial charge in [-0.3, -0.25) is 9.78 Å². The van der Waals surface area contributed by atoms with Gasteiger partial charge in [0.15, 0.2) is 0 Å². The monoisotopic (exact) mass is 312 g/mol. The molecule has 0 atom stereocenters. The van der Waals surface area contributed by atoms with Crippen molar-refractivity contribution in [2.45, 2.75) is 0 Å². The van der Waals surface area contributed by atoms with Crippen molar-refractivity contribution in [1.29, 1.82) is 0 Å². The number of anilines is 2. The second-order valence-corrected chi connectivity index (χ2v) is 4.23. The molecule has 4 N–H and O–H groups in total. The summed E-state index contributed by atoms with van der Waals surface area (Å²) in [7, 11) is 1.30. The van der Waals surface area contributed by atoms with Crippen LogP contribution in [0.3, 0.4) is 0 Å². The molecular weight excluding hydrogens is 304 g/mol. The van der Waals surface area contributed by atoms with Gasteiger partial charge >= 0.3 is 11.7 Å². The van der Waals surface area contributed by atoms with Gasteiger partial charge in [-0.2, -0.15) is 0 Å². The van der Waals surface area contributed by atoms with Crippen LogP contribution in [0.4, 0.5) is 11.5 Å². The first-order valence-electron chi connectivity index (χ1n) is 5.49. The smallest absolute Gasteiger partial charge is 0.342 e. The van der Waals surface area contributed by atoms with Crippen LogP contribution in [0.1, 0.15) is 10.4 Å². The lowest BCUT2D eigenvalue weighted by atomic mass is 10.2. The standard InChI is InChI=1S/C11H9ClN4O5/c1-21-7-3-6(5(12)2-4(7)10(18)19)13-8-9(17)14-11(20)16-15-8/h2-3H,1H3,(H,13,15)(H,18,19)(H2,14,16,17,20). The highest BCUT2D eigenvalue weighted by Crippen LogP contribution is 2.31. The minimum absolute atomic E-state index is 0.0422. The summed E-state index contributed by atoms with van der Waals surface area (Å²) < 4.78 is 4.95. The third-order valence-corrected chi connectivity index (χ3v) is 2.80. The van der Waals surface area contributed by atoms with E-state index >= 15 is 0 Å². The van der Waals surface area contributed by atoms with Crippen LogP contribution in [0.15, 0.2) is 21.7 Å². The van der Waals surface area contributed by atoms with Crippen LogP contribution >= 0.6 is 11.6 Å². The Morgan fingerprint density at radius 2 is 2.14 bits per heavy atom. The number of nitrogens with one attached hydrogen (secondary N) is 3. The summed E-state index contributed by atoms with van der Waals surface area (Å²) in [6, 6.07) is 2.48. The summed E-state index contributed by atoms with van der Waals surface area (Å²) in [5.41, 5.74) is -1.44. The third kappa shape index (κ3) is 3.03. The molecule has 0 aliphatic heterocycles. The number of ether oxygens (including phenoxy) is 1. The lowest BCUT2D eigenvalue weighted by Crippen LogP contribution is -2.26. The third-order valence-electron chi connectivity index (χ3n) is 2.48. The molecule has 0 spiro atoms. The molecule has 1 aromatic carbocycles. The topological polar surface area (TPSA) is 137 Å². The van der Waals surface area contributed by atoms with Crippen LogP contribution in [0.25, 0.3) is 0 Å². The number of halogens is 1. The van der Waals surface area contributed by atoms with E-state index in [1.165, 1.54) is 19.2 Å². The summed E-state index contributed by atoms with van der Waals surface area (Å²) in [4.78, 5) is 35.4. The minimum atomic E-state index is -1.21. The van der Waals surface area contributed by atoms with E-state index in [1.54, 1.807) is 0 Å². The Morgan fingerprint density at radius 1 is 1.43 bits per heavy atom. The minimum Gasteiger partial charge on any atom is -0.496 e. The van der Waals surface area contributed by atoms with Gasteiger partial charge in [0.05, 0.1) is 17.8 Å². The van der Waals surface area contributed by atoms with Crippen molar-refractivity contribution in [3.63, 3.8) is 0 Å². The van der Waals surface area contributed by atoms with E-state index < -0.39 is 17.2 Å². The van der Waals surface area contributed by atoms with Crippen molar-refractivity contribution in [2.24, 2.45) is 0 Å². The quantitative estimate of drug-likeness (QED) is 0.647. The molecule has 0 fully saturated rings. The normalized spacial score (nSPS) is 10.2. The Morgan fingerprint density at radius 3 is 2.71 bits per heavy atom. The Hall–Kier alpha value is -2.81. The first-order chi connectivity index (χ1) is 9.92. The van der Waals surface area contributed by atoms with E-state index in [0.717, 1.165) is 0 Å². The molecular formula is C11H9ClN4O5.